The highest BCUT2D eigenvalue weighted by molar-refractivity contribution is 6.31. The SMILES string of the molecule is O=C(NCC1(c2ccccc2Cl)CC1)c1ccon1. The summed E-state index contributed by atoms with van der Waals surface area (Å²) in [7, 11) is 0. The van der Waals surface area contributed by atoms with Crippen molar-refractivity contribution in [1.82, 2.24) is 10.5 Å². The second kappa shape index (κ2) is 4.70. The summed E-state index contributed by atoms with van der Waals surface area (Å²) < 4.78 is 4.66. The molecule has 1 fully saturated rings. The first kappa shape index (κ1) is 12.2. The highest BCUT2D eigenvalue weighted by atomic mass is 35.5. The van der Waals surface area contributed by atoms with E-state index in [4.69, 9.17) is 11.6 Å². The first-order chi connectivity index (χ1) is 9.21. The van der Waals surface area contributed by atoms with E-state index in [1.165, 1.54) is 6.26 Å². The molecule has 98 valence electrons. The number of hydrogen-bond donors (Lipinski definition) is 1. The van der Waals surface area contributed by atoms with Gasteiger partial charge in [0.2, 0.25) is 0 Å². The van der Waals surface area contributed by atoms with Crippen molar-refractivity contribution < 1.29 is 9.32 Å². The molecule has 1 N–H and O–H groups in total. The first-order valence-corrected chi connectivity index (χ1v) is 6.53. The third-order valence-corrected chi connectivity index (χ3v) is 3.89. The number of nitrogens with zero attached hydrogens (tertiary/aromatic N) is 1. The standard InChI is InChI=1S/C14H13ClN2O2/c15-11-4-2-1-3-10(11)14(6-7-14)9-16-13(18)12-5-8-19-17-12/h1-5,8H,6-7,9H2,(H,16,18). The zero-order chi connectivity index (χ0) is 13.3. The largest absolute Gasteiger partial charge is 0.364 e. The number of carbonyl (C=O) groups is 1. The number of carbonyl (C=O) groups excluding carboxylic acids is 1. The van der Waals surface area contributed by atoms with Crippen LogP contribution >= 0.6 is 11.6 Å². The number of nitrogens with one attached hydrogen (secondary N) is 1. The molecule has 19 heavy (non-hydrogen) atoms. The van der Waals surface area contributed by atoms with E-state index in [0.29, 0.717) is 12.2 Å². The minimum absolute atomic E-state index is 0.0161. The molecule has 1 saturated carbocycles. The Morgan fingerprint density at radius 2 is 2.16 bits per heavy atom. The molecule has 1 aromatic carbocycles. The second-order valence-corrected chi connectivity index (χ2v) is 5.23. The Balaban J connectivity index is 1.70. The van der Waals surface area contributed by atoms with Gasteiger partial charge in [-0.25, -0.2) is 0 Å². The number of amides is 1. The Labute approximate surface area is 115 Å². The molecule has 0 radical (unpaired) electrons. The van der Waals surface area contributed by atoms with Gasteiger partial charge in [-0.15, -0.1) is 0 Å². The van der Waals surface area contributed by atoms with Crippen molar-refractivity contribution in [2.45, 2.75) is 18.3 Å². The quantitative estimate of drug-likeness (QED) is 0.934. The number of halogens is 1. The van der Waals surface area contributed by atoms with Gasteiger partial charge in [0, 0.05) is 23.0 Å². The summed E-state index contributed by atoms with van der Waals surface area (Å²) in [6.45, 7) is 0.572. The molecule has 5 heteroatoms. The molecule has 1 aliphatic carbocycles. The molecule has 2 aromatic rings. The molecule has 3 rings (SSSR count). The summed E-state index contributed by atoms with van der Waals surface area (Å²) in [6, 6.07) is 9.34. The van der Waals surface area contributed by atoms with E-state index >= 15 is 0 Å². The Bertz CT molecular complexity index is 591. The average molecular weight is 277 g/mol. The van der Waals surface area contributed by atoms with Gasteiger partial charge in [-0.3, -0.25) is 4.79 Å². The fourth-order valence-corrected chi connectivity index (χ4v) is 2.59. The Morgan fingerprint density at radius 3 is 2.79 bits per heavy atom. The van der Waals surface area contributed by atoms with Crippen LogP contribution in [0.4, 0.5) is 0 Å². The van der Waals surface area contributed by atoms with Crippen molar-refractivity contribution in [2.24, 2.45) is 0 Å². The fraction of sp³-hybridized carbons (Fsp3) is 0.286. The van der Waals surface area contributed by atoms with Crippen LogP contribution in [0.2, 0.25) is 5.02 Å². The van der Waals surface area contributed by atoms with Crippen LogP contribution in [0.1, 0.15) is 28.9 Å². The number of aromatic nitrogens is 1. The topological polar surface area (TPSA) is 55.1 Å². The fourth-order valence-electron chi connectivity index (χ4n) is 2.25. The lowest BCUT2D eigenvalue weighted by molar-refractivity contribution is 0.0940. The molecule has 0 atom stereocenters. The Kier molecular flexibility index (Phi) is 3.03. The normalized spacial score (nSPS) is 16.1. The van der Waals surface area contributed by atoms with Gasteiger partial charge in [0.05, 0.1) is 0 Å². The van der Waals surface area contributed by atoms with Gasteiger partial charge in [-0.2, -0.15) is 0 Å². The molecular formula is C14H13ClN2O2. The smallest absolute Gasteiger partial charge is 0.273 e. The van der Waals surface area contributed by atoms with Crippen molar-refractivity contribution in [3.63, 3.8) is 0 Å². The van der Waals surface area contributed by atoms with Crippen molar-refractivity contribution in [1.29, 1.82) is 0 Å². The molecular weight excluding hydrogens is 264 g/mol. The lowest BCUT2D eigenvalue weighted by Gasteiger charge is -2.17. The summed E-state index contributed by atoms with van der Waals surface area (Å²) in [4.78, 5) is 11.8. The van der Waals surface area contributed by atoms with Crippen LogP contribution in [0.5, 0.6) is 0 Å². The molecule has 1 amide bonds. The van der Waals surface area contributed by atoms with Crippen LogP contribution in [0.25, 0.3) is 0 Å². The maximum atomic E-state index is 11.8. The van der Waals surface area contributed by atoms with Crippen LogP contribution < -0.4 is 5.32 Å². The van der Waals surface area contributed by atoms with Gasteiger partial charge in [0.15, 0.2) is 5.69 Å². The summed E-state index contributed by atoms with van der Waals surface area (Å²) in [5, 5.41) is 7.27. The Morgan fingerprint density at radius 1 is 1.37 bits per heavy atom. The van der Waals surface area contributed by atoms with E-state index < -0.39 is 0 Å². The van der Waals surface area contributed by atoms with Crippen LogP contribution in [-0.4, -0.2) is 17.6 Å². The summed E-state index contributed by atoms with van der Waals surface area (Å²) in [6.07, 6.45) is 3.46. The average Bonchev–Trinajstić information content (AvgIpc) is 3.00. The lowest BCUT2D eigenvalue weighted by atomic mass is 9.96. The number of benzene rings is 1. The molecule has 1 heterocycles. The third-order valence-electron chi connectivity index (χ3n) is 3.56. The highest BCUT2D eigenvalue weighted by Gasteiger charge is 2.45. The van der Waals surface area contributed by atoms with Crippen molar-refractivity contribution in [2.75, 3.05) is 6.54 Å². The monoisotopic (exact) mass is 276 g/mol. The third kappa shape index (κ3) is 2.36. The van der Waals surface area contributed by atoms with Crippen LogP contribution in [0.3, 0.4) is 0 Å². The second-order valence-electron chi connectivity index (χ2n) is 4.83. The maximum Gasteiger partial charge on any atom is 0.273 e. The lowest BCUT2D eigenvalue weighted by Crippen LogP contribution is -2.32. The van der Waals surface area contributed by atoms with E-state index in [1.807, 2.05) is 24.3 Å². The van der Waals surface area contributed by atoms with Gasteiger partial charge < -0.3 is 9.84 Å². The molecule has 0 unspecified atom stereocenters. The van der Waals surface area contributed by atoms with Crippen molar-refractivity contribution >= 4 is 17.5 Å². The summed E-state index contributed by atoms with van der Waals surface area (Å²) in [5.41, 5.74) is 1.39. The molecule has 0 saturated heterocycles. The van der Waals surface area contributed by atoms with E-state index in [0.717, 1.165) is 23.4 Å². The maximum absolute atomic E-state index is 11.8. The van der Waals surface area contributed by atoms with E-state index in [9.17, 15) is 4.79 Å². The van der Waals surface area contributed by atoms with E-state index in [1.54, 1.807) is 6.07 Å². The number of rotatable bonds is 4. The molecule has 1 aliphatic rings. The molecule has 0 aliphatic heterocycles. The minimum atomic E-state index is -0.216. The van der Waals surface area contributed by atoms with Crippen molar-refractivity contribution in [3.8, 4) is 0 Å². The first-order valence-electron chi connectivity index (χ1n) is 6.15. The summed E-state index contributed by atoms with van der Waals surface area (Å²) >= 11 is 6.22. The molecule has 4 nitrogen and oxygen atoms in total. The zero-order valence-corrected chi connectivity index (χ0v) is 11.0. The van der Waals surface area contributed by atoms with Gasteiger partial charge in [-0.05, 0) is 24.5 Å². The zero-order valence-electron chi connectivity index (χ0n) is 10.2. The minimum Gasteiger partial charge on any atom is -0.364 e. The predicted octanol–water partition coefficient (Wildman–Crippen LogP) is 2.79. The Hall–Kier alpha value is -1.81. The van der Waals surface area contributed by atoms with Gasteiger partial charge in [-0.1, -0.05) is 35.0 Å². The van der Waals surface area contributed by atoms with E-state index in [2.05, 4.69) is 15.0 Å². The molecule has 0 spiro atoms. The van der Waals surface area contributed by atoms with Gasteiger partial charge >= 0.3 is 0 Å². The van der Waals surface area contributed by atoms with Crippen LogP contribution in [0, 0.1) is 0 Å². The molecule has 0 bridgehead atoms. The van der Waals surface area contributed by atoms with Gasteiger partial charge in [0.25, 0.3) is 5.91 Å². The number of hydrogen-bond acceptors (Lipinski definition) is 3. The van der Waals surface area contributed by atoms with Gasteiger partial charge in [0.1, 0.15) is 6.26 Å². The van der Waals surface area contributed by atoms with E-state index in [-0.39, 0.29) is 11.3 Å². The predicted molar refractivity (Wildman–Crippen MR) is 71.2 cm³/mol. The molecule has 1 aromatic heterocycles. The van der Waals surface area contributed by atoms with Crippen molar-refractivity contribution in [3.05, 3.63) is 52.9 Å². The highest BCUT2D eigenvalue weighted by Crippen LogP contribution is 2.49. The van der Waals surface area contributed by atoms with Crippen LogP contribution in [0.15, 0.2) is 41.1 Å². The van der Waals surface area contributed by atoms with Crippen LogP contribution in [-0.2, 0) is 5.41 Å². The summed E-state index contributed by atoms with van der Waals surface area (Å²) in [5.74, 6) is -0.216.